The van der Waals surface area contributed by atoms with Crippen LogP contribution in [0.2, 0.25) is 0 Å². The fraction of sp³-hybridized carbons (Fsp3) is 0.273. The molecule has 0 saturated heterocycles. The number of hydrogen-bond acceptors (Lipinski definition) is 5. The summed E-state index contributed by atoms with van der Waals surface area (Å²) in [5.41, 5.74) is 3.67. The molecule has 0 fully saturated rings. The number of hydrogen-bond donors (Lipinski definition) is 1. The van der Waals surface area contributed by atoms with Crippen molar-refractivity contribution in [3.63, 3.8) is 0 Å². The predicted octanol–water partition coefficient (Wildman–Crippen LogP) is 4.50. The molecule has 2 aromatic carbocycles. The van der Waals surface area contributed by atoms with Crippen molar-refractivity contribution in [1.29, 1.82) is 0 Å². The van der Waals surface area contributed by atoms with Crippen molar-refractivity contribution in [3.8, 4) is 5.69 Å². The van der Waals surface area contributed by atoms with Crippen LogP contribution in [-0.2, 0) is 5.41 Å². The third-order valence-electron chi connectivity index (χ3n) is 4.73. The van der Waals surface area contributed by atoms with Gasteiger partial charge in [0.15, 0.2) is 5.69 Å². The van der Waals surface area contributed by atoms with Crippen LogP contribution in [0.3, 0.4) is 0 Å². The third-order valence-corrected chi connectivity index (χ3v) is 5.47. The fourth-order valence-corrected chi connectivity index (χ4v) is 3.59. The number of carboxylic acids is 1. The summed E-state index contributed by atoms with van der Waals surface area (Å²) in [6.07, 6.45) is 3.19. The number of carbonyl (C=O) groups is 2. The van der Waals surface area contributed by atoms with Crippen LogP contribution in [0.25, 0.3) is 5.69 Å². The Morgan fingerprint density at radius 2 is 1.87 bits per heavy atom. The van der Waals surface area contributed by atoms with Gasteiger partial charge in [0, 0.05) is 11.8 Å². The highest BCUT2D eigenvalue weighted by Crippen LogP contribution is 2.30. The van der Waals surface area contributed by atoms with Gasteiger partial charge >= 0.3 is 5.97 Å². The van der Waals surface area contributed by atoms with Gasteiger partial charge in [-0.1, -0.05) is 44.2 Å². The maximum absolute atomic E-state index is 13.3. The number of carbonyl (C=O) groups excluding carboxylic acids is 1. The molecule has 30 heavy (non-hydrogen) atoms. The van der Waals surface area contributed by atoms with Gasteiger partial charge in [-0.3, -0.25) is 9.10 Å². The Balaban J connectivity index is 1.98. The molecular formula is C22H24N4O3S. The Hall–Kier alpha value is -3.13. The van der Waals surface area contributed by atoms with Gasteiger partial charge in [-0.25, -0.2) is 9.48 Å². The van der Waals surface area contributed by atoms with E-state index in [0.717, 1.165) is 16.8 Å². The molecule has 0 aliphatic heterocycles. The molecule has 1 N–H and O–H groups in total. The highest BCUT2D eigenvalue weighted by molar-refractivity contribution is 8.00. The van der Waals surface area contributed by atoms with E-state index < -0.39 is 5.97 Å². The maximum Gasteiger partial charge on any atom is 0.358 e. The second-order valence-corrected chi connectivity index (χ2v) is 8.67. The van der Waals surface area contributed by atoms with Crippen molar-refractivity contribution in [3.05, 3.63) is 71.0 Å². The molecule has 156 valence electrons. The Kier molecular flexibility index (Phi) is 5.98. The molecular weight excluding hydrogens is 400 g/mol. The van der Waals surface area contributed by atoms with E-state index in [1.54, 1.807) is 16.4 Å². The van der Waals surface area contributed by atoms with E-state index in [1.165, 1.54) is 22.8 Å². The topological polar surface area (TPSA) is 88.3 Å². The van der Waals surface area contributed by atoms with E-state index in [0.29, 0.717) is 11.3 Å². The number of rotatable bonds is 5. The van der Waals surface area contributed by atoms with E-state index >= 15 is 0 Å². The SMILES string of the molecule is CSN(C(=O)c1ccc(C)c(-n2cc(C(=O)O)nn2)c1)c1cccc(C(C)(C)C)c1. The first-order valence-corrected chi connectivity index (χ1v) is 10.6. The summed E-state index contributed by atoms with van der Waals surface area (Å²) < 4.78 is 3.02. The summed E-state index contributed by atoms with van der Waals surface area (Å²) in [7, 11) is 0. The van der Waals surface area contributed by atoms with Crippen LogP contribution in [0.1, 0.15) is 52.7 Å². The van der Waals surface area contributed by atoms with Gasteiger partial charge in [0.2, 0.25) is 0 Å². The first-order valence-electron chi connectivity index (χ1n) is 9.37. The summed E-state index contributed by atoms with van der Waals surface area (Å²) >= 11 is 1.33. The summed E-state index contributed by atoms with van der Waals surface area (Å²) in [5, 5.41) is 16.6. The predicted molar refractivity (Wildman–Crippen MR) is 119 cm³/mol. The lowest BCUT2D eigenvalue weighted by molar-refractivity contribution is 0.0690. The van der Waals surface area contributed by atoms with Crippen molar-refractivity contribution in [2.24, 2.45) is 0 Å². The van der Waals surface area contributed by atoms with Crippen molar-refractivity contribution in [2.75, 3.05) is 10.6 Å². The van der Waals surface area contributed by atoms with Crippen LogP contribution in [-0.4, -0.2) is 38.2 Å². The number of aromatic nitrogens is 3. The highest BCUT2D eigenvalue weighted by Gasteiger charge is 2.21. The molecule has 0 aliphatic rings. The minimum atomic E-state index is -1.15. The first-order chi connectivity index (χ1) is 14.1. The lowest BCUT2D eigenvalue weighted by Crippen LogP contribution is -2.24. The Labute approximate surface area is 179 Å². The second kappa shape index (κ2) is 8.31. The normalized spacial score (nSPS) is 11.4. The number of aromatic carboxylic acids is 1. The molecule has 1 amide bonds. The largest absolute Gasteiger partial charge is 0.476 e. The number of anilines is 1. The van der Waals surface area contributed by atoms with Crippen LogP contribution in [0.15, 0.2) is 48.7 Å². The average Bonchev–Trinajstić information content (AvgIpc) is 3.19. The number of nitrogens with zero attached hydrogens (tertiary/aromatic N) is 4. The fourth-order valence-electron chi connectivity index (χ4n) is 2.99. The van der Waals surface area contributed by atoms with Crippen molar-refractivity contribution < 1.29 is 14.7 Å². The molecule has 0 spiro atoms. The van der Waals surface area contributed by atoms with Crippen LogP contribution in [0, 0.1) is 6.92 Å². The minimum absolute atomic E-state index is 0.0326. The minimum Gasteiger partial charge on any atom is -0.476 e. The molecule has 0 bridgehead atoms. The van der Waals surface area contributed by atoms with Crippen LogP contribution in [0.4, 0.5) is 5.69 Å². The van der Waals surface area contributed by atoms with Gasteiger partial charge in [0.1, 0.15) is 0 Å². The van der Waals surface area contributed by atoms with Gasteiger partial charge in [-0.15, -0.1) is 5.10 Å². The van der Waals surface area contributed by atoms with Crippen LogP contribution < -0.4 is 4.31 Å². The zero-order valence-corrected chi connectivity index (χ0v) is 18.4. The van der Waals surface area contributed by atoms with E-state index in [2.05, 4.69) is 37.1 Å². The van der Waals surface area contributed by atoms with Gasteiger partial charge < -0.3 is 5.11 Å². The molecule has 7 nitrogen and oxygen atoms in total. The molecule has 0 atom stereocenters. The van der Waals surface area contributed by atoms with Crippen LogP contribution >= 0.6 is 11.9 Å². The Morgan fingerprint density at radius 1 is 1.13 bits per heavy atom. The van der Waals surface area contributed by atoms with Gasteiger partial charge in [0.05, 0.1) is 17.6 Å². The van der Waals surface area contributed by atoms with E-state index in [4.69, 9.17) is 5.11 Å². The quantitative estimate of drug-likeness (QED) is 0.607. The number of amides is 1. The second-order valence-electron chi connectivity index (χ2n) is 7.94. The van der Waals surface area contributed by atoms with E-state index in [9.17, 15) is 9.59 Å². The molecule has 0 radical (unpaired) electrons. The molecule has 3 rings (SSSR count). The molecule has 8 heteroatoms. The zero-order chi connectivity index (χ0) is 22.1. The Bertz CT molecular complexity index is 1100. The first kappa shape index (κ1) is 21.6. The summed E-state index contributed by atoms with van der Waals surface area (Å²) in [4.78, 5) is 24.4. The standard InChI is InChI=1S/C22H24N4O3S/c1-14-9-10-15(11-19(14)25-13-18(21(28)29)23-24-25)20(27)26(30-5)17-8-6-7-16(12-17)22(2,3)4/h6-13H,1-5H3,(H,28,29). The summed E-state index contributed by atoms with van der Waals surface area (Å²) in [6, 6.07) is 13.2. The molecule has 1 aromatic heterocycles. The van der Waals surface area contributed by atoms with Gasteiger partial charge in [0.25, 0.3) is 5.91 Å². The highest BCUT2D eigenvalue weighted by atomic mass is 32.2. The summed E-state index contributed by atoms with van der Waals surface area (Å²) in [5.74, 6) is -1.33. The van der Waals surface area contributed by atoms with E-state index in [1.807, 2.05) is 37.4 Å². The van der Waals surface area contributed by atoms with Crippen LogP contribution in [0.5, 0.6) is 0 Å². The average molecular weight is 425 g/mol. The maximum atomic E-state index is 13.3. The van der Waals surface area contributed by atoms with Crippen molar-refractivity contribution in [2.45, 2.75) is 33.1 Å². The lowest BCUT2D eigenvalue weighted by atomic mass is 9.87. The number of benzene rings is 2. The third kappa shape index (κ3) is 4.38. The zero-order valence-electron chi connectivity index (χ0n) is 17.6. The smallest absolute Gasteiger partial charge is 0.358 e. The van der Waals surface area contributed by atoms with Gasteiger partial charge in [-0.2, -0.15) is 0 Å². The molecule has 0 unspecified atom stereocenters. The lowest BCUT2D eigenvalue weighted by Gasteiger charge is -2.24. The number of carboxylic acid groups (broad SMARTS) is 1. The molecule has 1 heterocycles. The van der Waals surface area contributed by atoms with Gasteiger partial charge in [-0.05, 0) is 59.7 Å². The molecule has 0 saturated carbocycles. The van der Waals surface area contributed by atoms with Crippen molar-refractivity contribution in [1.82, 2.24) is 15.0 Å². The molecule has 3 aromatic rings. The Morgan fingerprint density at radius 3 is 2.47 bits per heavy atom. The monoisotopic (exact) mass is 424 g/mol. The van der Waals surface area contributed by atoms with Crippen molar-refractivity contribution >= 4 is 29.5 Å². The summed E-state index contributed by atoms with van der Waals surface area (Å²) in [6.45, 7) is 8.26. The van der Waals surface area contributed by atoms with E-state index in [-0.39, 0.29) is 17.0 Å². The number of aryl methyl sites for hydroxylation is 1. The molecule has 0 aliphatic carbocycles.